The van der Waals surface area contributed by atoms with Gasteiger partial charge >= 0.3 is 0 Å². The number of ether oxygens (including phenoxy) is 1. The average molecular weight is 313 g/mol. The van der Waals surface area contributed by atoms with E-state index in [0.717, 1.165) is 0 Å². The minimum Gasteiger partial charge on any atom is -0.370 e. The van der Waals surface area contributed by atoms with E-state index in [9.17, 15) is 8.42 Å². The van der Waals surface area contributed by atoms with E-state index < -0.39 is 15.6 Å². The van der Waals surface area contributed by atoms with Gasteiger partial charge in [0.2, 0.25) is 10.0 Å². The highest BCUT2D eigenvalue weighted by Gasteiger charge is 2.37. The molecular formula is C14H23N3O3S. The second-order valence-electron chi connectivity index (χ2n) is 5.89. The number of hydrogen-bond donors (Lipinski definition) is 1. The first-order valence-corrected chi connectivity index (χ1v) is 8.56. The van der Waals surface area contributed by atoms with Crippen LogP contribution >= 0.6 is 0 Å². The van der Waals surface area contributed by atoms with E-state index in [1.807, 2.05) is 27.7 Å². The fourth-order valence-electron chi connectivity index (χ4n) is 2.58. The second kappa shape index (κ2) is 5.90. The van der Waals surface area contributed by atoms with Crippen molar-refractivity contribution in [3.05, 3.63) is 18.3 Å². The maximum atomic E-state index is 12.8. The molecule has 1 atom stereocenters. The van der Waals surface area contributed by atoms with Crippen LogP contribution in [0.5, 0.6) is 0 Å². The van der Waals surface area contributed by atoms with Crippen molar-refractivity contribution in [1.82, 2.24) is 9.29 Å². The van der Waals surface area contributed by atoms with Gasteiger partial charge in [0, 0.05) is 31.9 Å². The molecule has 0 radical (unpaired) electrons. The van der Waals surface area contributed by atoms with Crippen LogP contribution in [0.3, 0.4) is 0 Å². The van der Waals surface area contributed by atoms with E-state index >= 15 is 0 Å². The Morgan fingerprint density at radius 2 is 2.24 bits per heavy atom. The van der Waals surface area contributed by atoms with Crippen LogP contribution in [0.15, 0.2) is 23.2 Å². The van der Waals surface area contributed by atoms with Gasteiger partial charge in [-0.05, 0) is 33.8 Å². The van der Waals surface area contributed by atoms with E-state index in [0.29, 0.717) is 25.5 Å². The molecule has 6 nitrogen and oxygen atoms in total. The molecule has 0 bridgehead atoms. The van der Waals surface area contributed by atoms with Gasteiger partial charge in [0.15, 0.2) is 0 Å². The van der Waals surface area contributed by atoms with Gasteiger partial charge in [0.25, 0.3) is 0 Å². The van der Waals surface area contributed by atoms with Gasteiger partial charge in [0.1, 0.15) is 5.82 Å². The highest BCUT2D eigenvalue weighted by Crippen LogP contribution is 2.26. The van der Waals surface area contributed by atoms with Gasteiger partial charge in [-0.15, -0.1) is 0 Å². The zero-order chi connectivity index (χ0) is 15.7. The van der Waals surface area contributed by atoms with Gasteiger partial charge in [-0.3, -0.25) is 0 Å². The topological polar surface area (TPSA) is 71.5 Å². The largest absolute Gasteiger partial charge is 0.370 e. The minimum atomic E-state index is -3.53. The number of morpholine rings is 1. The molecule has 0 saturated carbocycles. The van der Waals surface area contributed by atoms with Crippen molar-refractivity contribution < 1.29 is 13.2 Å². The molecule has 118 valence electrons. The van der Waals surface area contributed by atoms with Crippen LogP contribution in [0.1, 0.15) is 27.7 Å². The molecule has 1 unspecified atom stereocenters. The standard InChI is InChI=1S/C14H23N3O3S/c1-5-15-13-8-12(6-7-16-13)21(18,19)17-9-11(2)20-14(3,4)10-17/h6-8,11H,5,9-10H2,1-4H3,(H,15,16). The Morgan fingerprint density at radius 3 is 2.86 bits per heavy atom. The molecule has 2 heterocycles. The summed E-state index contributed by atoms with van der Waals surface area (Å²) in [7, 11) is -3.53. The summed E-state index contributed by atoms with van der Waals surface area (Å²) in [5.74, 6) is 0.569. The predicted octanol–water partition coefficient (Wildman–Crippen LogP) is 1.70. The van der Waals surface area contributed by atoms with Gasteiger partial charge < -0.3 is 10.1 Å². The maximum Gasteiger partial charge on any atom is 0.243 e. The van der Waals surface area contributed by atoms with Gasteiger partial charge in [-0.25, -0.2) is 13.4 Å². The summed E-state index contributed by atoms with van der Waals surface area (Å²) in [4.78, 5) is 4.37. The predicted molar refractivity (Wildman–Crippen MR) is 81.8 cm³/mol. The molecule has 1 aliphatic rings. The number of nitrogens with one attached hydrogen (secondary N) is 1. The lowest BCUT2D eigenvalue weighted by atomic mass is 10.1. The number of anilines is 1. The van der Waals surface area contributed by atoms with Crippen LogP contribution in [-0.2, 0) is 14.8 Å². The average Bonchev–Trinajstić information content (AvgIpc) is 2.37. The number of pyridine rings is 1. The Hall–Kier alpha value is -1.18. The molecule has 1 fully saturated rings. The Labute approximate surface area is 126 Å². The molecule has 0 spiro atoms. The van der Waals surface area contributed by atoms with Crippen LogP contribution in [-0.4, -0.2) is 49.0 Å². The molecule has 7 heteroatoms. The van der Waals surface area contributed by atoms with Crippen LogP contribution < -0.4 is 5.32 Å². The van der Waals surface area contributed by atoms with Gasteiger partial charge in [-0.1, -0.05) is 0 Å². The van der Waals surface area contributed by atoms with E-state index in [2.05, 4.69) is 10.3 Å². The Bertz CT molecular complexity index is 601. The molecule has 1 aromatic rings. The molecule has 1 aromatic heterocycles. The van der Waals surface area contributed by atoms with E-state index in [1.165, 1.54) is 16.6 Å². The summed E-state index contributed by atoms with van der Waals surface area (Å²) in [6.45, 7) is 9.04. The van der Waals surface area contributed by atoms with Crippen molar-refractivity contribution in [3.63, 3.8) is 0 Å². The minimum absolute atomic E-state index is 0.126. The molecular weight excluding hydrogens is 290 g/mol. The molecule has 1 N–H and O–H groups in total. The highest BCUT2D eigenvalue weighted by molar-refractivity contribution is 7.89. The molecule has 0 amide bonds. The lowest BCUT2D eigenvalue weighted by molar-refractivity contribution is -0.109. The molecule has 1 saturated heterocycles. The first kappa shape index (κ1) is 16.2. The normalized spacial score (nSPS) is 23.0. The van der Waals surface area contributed by atoms with Crippen LogP contribution in [0, 0.1) is 0 Å². The highest BCUT2D eigenvalue weighted by atomic mass is 32.2. The molecule has 1 aliphatic heterocycles. The zero-order valence-corrected chi connectivity index (χ0v) is 13.8. The first-order chi connectivity index (χ1) is 9.74. The molecule has 0 aromatic carbocycles. The smallest absolute Gasteiger partial charge is 0.243 e. The third-order valence-electron chi connectivity index (χ3n) is 3.27. The number of hydrogen-bond acceptors (Lipinski definition) is 5. The quantitative estimate of drug-likeness (QED) is 0.916. The van der Waals surface area contributed by atoms with Crippen molar-refractivity contribution in [2.45, 2.75) is 44.3 Å². The molecule has 21 heavy (non-hydrogen) atoms. The van der Waals surface area contributed by atoms with E-state index in [1.54, 1.807) is 6.07 Å². The van der Waals surface area contributed by atoms with Crippen LogP contribution in [0.4, 0.5) is 5.82 Å². The molecule has 2 rings (SSSR count). The fraction of sp³-hybridized carbons (Fsp3) is 0.643. The lowest BCUT2D eigenvalue weighted by Gasteiger charge is -2.40. The van der Waals surface area contributed by atoms with Crippen molar-refractivity contribution in [3.8, 4) is 0 Å². The van der Waals surface area contributed by atoms with Crippen LogP contribution in [0.25, 0.3) is 0 Å². The molecule has 0 aliphatic carbocycles. The van der Waals surface area contributed by atoms with Crippen molar-refractivity contribution in [2.24, 2.45) is 0 Å². The van der Waals surface area contributed by atoms with Crippen molar-refractivity contribution in [1.29, 1.82) is 0 Å². The van der Waals surface area contributed by atoms with Crippen molar-refractivity contribution >= 4 is 15.8 Å². The van der Waals surface area contributed by atoms with Gasteiger partial charge in [0.05, 0.1) is 16.6 Å². The third-order valence-corrected chi connectivity index (χ3v) is 5.07. The van der Waals surface area contributed by atoms with Crippen molar-refractivity contribution in [2.75, 3.05) is 25.0 Å². The van der Waals surface area contributed by atoms with E-state index in [-0.39, 0.29) is 11.0 Å². The Morgan fingerprint density at radius 1 is 1.52 bits per heavy atom. The summed E-state index contributed by atoms with van der Waals surface area (Å²) in [5, 5.41) is 3.03. The number of nitrogens with zero attached hydrogens (tertiary/aromatic N) is 2. The summed E-state index contributed by atoms with van der Waals surface area (Å²) < 4.78 is 32.8. The monoisotopic (exact) mass is 313 g/mol. The fourth-order valence-corrected chi connectivity index (χ4v) is 4.26. The summed E-state index contributed by atoms with van der Waals surface area (Å²) in [5.41, 5.74) is -0.484. The number of sulfonamides is 1. The Balaban J connectivity index is 2.31. The maximum absolute atomic E-state index is 12.8. The zero-order valence-electron chi connectivity index (χ0n) is 13.0. The van der Waals surface area contributed by atoms with Gasteiger partial charge in [-0.2, -0.15) is 4.31 Å². The summed E-state index contributed by atoms with van der Waals surface area (Å²) >= 11 is 0. The number of rotatable bonds is 4. The first-order valence-electron chi connectivity index (χ1n) is 7.12. The summed E-state index contributed by atoms with van der Waals surface area (Å²) in [6.07, 6.45) is 1.39. The Kier molecular flexibility index (Phi) is 4.55. The summed E-state index contributed by atoms with van der Waals surface area (Å²) in [6, 6.07) is 3.11. The second-order valence-corrected chi connectivity index (χ2v) is 7.83. The van der Waals surface area contributed by atoms with E-state index in [4.69, 9.17) is 4.74 Å². The third kappa shape index (κ3) is 3.72. The SMILES string of the molecule is CCNc1cc(S(=O)(=O)N2CC(C)OC(C)(C)C2)ccn1. The number of aromatic nitrogens is 1. The lowest BCUT2D eigenvalue weighted by Crippen LogP contribution is -2.53. The van der Waals surface area contributed by atoms with Crippen LogP contribution in [0.2, 0.25) is 0 Å².